The summed E-state index contributed by atoms with van der Waals surface area (Å²) in [5.74, 6) is 1.56. The molecule has 0 fully saturated rings. The van der Waals surface area contributed by atoms with Crippen molar-refractivity contribution in [3.63, 3.8) is 0 Å². The zero-order valence-corrected chi connectivity index (χ0v) is 71.8. The number of fused-ring (bicyclic) bond motifs is 3. The summed E-state index contributed by atoms with van der Waals surface area (Å²) >= 11 is 4.89. The zero-order chi connectivity index (χ0) is 77.4. The Labute approximate surface area is 670 Å². The molecule has 13 aromatic rings. The minimum atomic E-state index is -0.638. The summed E-state index contributed by atoms with van der Waals surface area (Å²) in [7, 11) is 4.02. The maximum atomic E-state index is 6.80. The minimum absolute atomic E-state index is 0.00581. The quantitative estimate of drug-likeness (QED) is 0.0488. The lowest BCUT2D eigenvalue weighted by atomic mass is 9.64. The Morgan fingerprint density at radius 1 is 0.306 bits per heavy atom. The second-order valence-corrected chi connectivity index (χ2v) is 38.0. The number of nitrogens with zero attached hydrogens (tertiary/aromatic N) is 7. The van der Waals surface area contributed by atoms with Crippen molar-refractivity contribution in [2.45, 2.75) is 201 Å². The van der Waals surface area contributed by atoms with Crippen LogP contribution in [0.15, 0.2) is 231 Å². The summed E-state index contributed by atoms with van der Waals surface area (Å²) in [5, 5.41) is 12.6. The predicted octanol–water partition coefficient (Wildman–Crippen LogP) is 23.1. The van der Waals surface area contributed by atoms with Crippen molar-refractivity contribution in [1.82, 2.24) is 24.4 Å². The van der Waals surface area contributed by atoms with Crippen molar-refractivity contribution >= 4 is 67.0 Å². The zero-order valence-electron chi connectivity index (χ0n) is 67.5. The van der Waals surface area contributed by atoms with Crippen LogP contribution in [0.3, 0.4) is 0 Å². The molecule has 10 aromatic carbocycles. The van der Waals surface area contributed by atoms with Gasteiger partial charge in [0.15, 0.2) is 24.6 Å². The van der Waals surface area contributed by atoms with Gasteiger partial charge in [-0.2, -0.15) is 0 Å². The first-order chi connectivity index (χ1) is 50.9. The second-order valence-electron chi connectivity index (χ2n) is 36.0. The highest BCUT2D eigenvalue weighted by Gasteiger charge is 2.42. The monoisotopic (exact) mass is 1660 g/mol. The number of benzene rings is 10. The molecule has 0 N–H and O–H groups in total. The van der Waals surface area contributed by atoms with Gasteiger partial charge in [-0.3, -0.25) is 0 Å². The number of hydrogen-bond acceptors (Lipinski definition) is 4. The lowest BCUT2D eigenvalue weighted by Gasteiger charge is -2.38. The largest absolute Gasteiger partial charge is 0.485 e. The maximum absolute atomic E-state index is 6.80. The SMILES string of the molecule is CCCn1c2ccc(-n3n[n+](C)c(COc4ccc(C(c5ccc(C(C)(C)C)cc5)(c5ccc(C(C)(C)C)cc5)c5ccc(C(C)(C)C)cc5)cc4)c3I)cc2c2cc(-n3n[n+](C)c(COc4ccc(C(c5ccc(C(C)(C)C)cc5)(c5ccc(C(C)(C)C)cc5)c5ccc(C(C)(C)C)cc5)cc4)c3I)ccc21. The molecule has 9 nitrogen and oxygen atoms in total. The van der Waals surface area contributed by atoms with Crippen molar-refractivity contribution in [2.75, 3.05) is 0 Å². The standard InChI is InChI=1S/C97H109I2N7O2/c1-22-59-104-84-57-51-78(105-88(98)86(102(20)100-105)62-107-80-53-47-76(48-54-80)96(70-35-23-64(24-36-70)90(2,3)4,71-37-25-65(26-38-71)91(5,6)7)72-39-27-66(28-40-72)92(8,9)10)60-82(84)83-61-79(52-58-85(83)104)106-89(99)87(103(21)101-106)63-108-81-55-49-77(50-56-81)97(73-41-29-67(30-42-73)93(11,12)13,74-43-31-68(32-44-74)94(14,15)16)75-45-33-69(34-46-75)95(17,18)19/h23-58,60-61H,22,59,62-63H2,1-21H3/q+2. The van der Waals surface area contributed by atoms with Gasteiger partial charge < -0.3 is 14.0 Å². The van der Waals surface area contributed by atoms with Crippen LogP contribution in [-0.4, -0.2) is 24.4 Å². The third-order valence-electron chi connectivity index (χ3n) is 22.3. The van der Waals surface area contributed by atoms with Crippen LogP contribution >= 0.6 is 45.2 Å². The Hall–Kier alpha value is -8.66. The summed E-state index contributed by atoms with van der Waals surface area (Å²) in [6.45, 7) is 44.9. The summed E-state index contributed by atoms with van der Waals surface area (Å²) in [5.41, 5.74) is 22.4. The number of hydrogen-bond donors (Lipinski definition) is 0. The first kappa shape index (κ1) is 77.5. The molecule has 0 aliphatic heterocycles. The Kier molecular flexibility index (Phi) is 21.0. The Morgan fingerprint density at radius 3 is 0.731 bits per heavy atom. The molecule has 0 amide bonds. The second kappa shape index (κ2) is 29.3. The molecule has 0 aliphatic carbocycles. The summed E-state index contributed by atoms with van der Waals surface area (Å²) in [6, 6.07) is 87.2. The lowest BCUT2D eigenvalue weighted by Crippen LogP contribution is -2.36. The van der Waals surface area contributed by atoms with Crippen molar-refractivity contribution < 1.29 is 18.8 Å². The van der Waals surface area contributed by atoms with E-state index in [0.29, 0.717) is 13.2 Å². The molecular formula is C97H109I2N7O2+2. The predicted molar refractivity (Wildman–Crippen MR) is 462 cm³/mol. The van der Waals surface area contributed by atoms with E-state index in [9.17, 15) is 0 Å². The van der Waals surface area contributed by atoms with Gasteiger partial charge in [0, 0.05) is 73.5 Å². The Morgan fingerprint density at radius 2 is 0.519 bits per heavy atom. The van der Waals surface area contributed by atoms with E-state index in [2.05, 4.69) is 412 Å². The van der Waals surface area contributed by atoms with Crippen molar-refractivity contribution in [3.8, 4) is 22.9 Å². The van der Waals surface area contributed by atoms with Gasteiger partial charge in [0.1, 0.15) is 25.6 Å². The van der Waals surface area contributed by atoms with Gasteiger partial charge in [-0.25, -0.2) is 0 Å². The first-order valence-corrected chi connectivity index (χ1v) is 40.5. The van der Waals surface area contributed by atoms with Crippen LogP contribution in [-0.2, 0) is 77.2 Å². The molecule has 0 spiro atoms. The molecule has 0 saturated heterocycles. The van der Waals surface area contributed by atoms with Gasteiger partial charge in [0.25, 0.3) is 0 Å². The molecule has 13 rings (SSSR count). The van der Waals surface area contributed by atoms with Gasteiger partial charge in [-0.15, -0.1) is 9.36 Å². The summed E-state index contributed by atoms with van der Waals surface area (Å²) < 4.78 is 26.0. The highest BCUT2D eigenvalue weighted by molar-refractivity contribution is 14.1. The molecular weight excluding hydrogens is 1550 g/mol. The molecule has 0 saturated carbocycles. The van der Waals surface area contributed by atoms with E-state index in [0.717, 1.165) is 76.5 Å². The number of halogens is 2. The van der Waals surface area contributed by atoms with Crippen LogP contribution in [0, 0.1) is 7.40 Å². The van der Waals surface area contributed by atoms with Crippen LogP contribution in [0.2, 0.25) is 0 Å². The molecule has 556 valence electrons. The molecule has 108 heavy (non-hydrogen) atoms. The summed E-state index contributed by atoms with van der Waals surface area (Å²) in [4.78, 5) is 0. The van der Waals surface area contributed by atoms with Crippen molar-refractivity contribution in [2.24, 2.45) is 14.1 Å². The van der Waals surface area contributed by atoms with E-state index in [1.165, 1.54) is 77.8 Å². The third-order valence-corrected chi connectivity index (χ3v) is 24.4. The van der Waals surface area contributed by atoms with Crippen molar-refractivity contribution in [3.05, 3.63) is 327 Å². The molecule has 0 unspecified atom stereocenters. The fourth-order valence-electron chi connectivity index (χ4n) is 15.6. The Balaban J connectivity index is 0.789. The molecule has 11 heteroatoms. The highest BCUT2D eigenvalue weighted by atomic mass is 127. The first-order valence-electron chi connectivity index (χ1n) is 38.4. The van der Waals surface area contributed by atoms with E-state index in [4.69, 9.17) is 19.9 Å². The average Bonchev–Trinajstić information content (AvgIpc) is 1.15. The van der Waals surface area contributed by atoms with Gasteiger partial charge in [0.2, 0.25) is 18.8 Å². The maximum Gasteiger partial charge on any atom is 0.240 e. The van der Waals surface area contributed by atoms with Gasteiger partial charge >= 0.3 is 0 Å². The van der Waals surface area contributed by atoms with Crippen LogP contribution < -0.4 is 18.8 Å². The minimum Gasteiger partial charge on any atom is -0.485 e. The highest BCUT2D eigenvalue weighted by Crippen LogP contribution is 2.50. The van der Waals surface area contributed by atoms with Gasteiger partial charge in [-0.05, 0) is 177 Å². The number of aromatic nitrogens is 7. The number of ether oxygens (including phenoxy) is 2. The molecule has 0 aliphatic rings. The van der Waals surface area contributed by atoms with Gasteiger partial charge in [-0.1, -0.05) is 311 Å². The third kappa shape index (κ3) is 14.9. The topological polar surface area (TPSA) is 66.8 Å². The molecule has 3 heterocycles. The molecule has 0 bridgehead atoms. The van der Waals surface area contributed by atoms with Gasteiger partial charge in [0.05, 0.1) is 21.3 Å². The van der Waals surface area contributed by atoms with Crippen LogP contribution in [0.4, 0.5) is 0 Å². The molecule has 0 atom stereocenters. The average molecular weight is 1660 g/mol. The van der Waals surface area contributed by atoms with E-state index >= 15 is 0 Å². The smallest absolute Gasteiger partial charge is 0.240 e. The molecule has 0 radical (unpaired) electrons. The van der Waals surface area contributed by atoms with E-state index in [1.807, 2.05) is 32.8 Å². The van der Waals surface area contributed by atoms with E-state index < -0.39 is 10.8 Å². The van der Waals surface area contributed by atoms with Crippen LogP contribution in [0.25, 0.3) is 33.2 Å². The normalized spacial score (nSPS) is 12.9. The number of rotatable bonds is 18. The fraction of sp³-hybridized carbons (Fsp3) is 0.340. The molecule has 3 aromatic heterocycles. The van der Waals surface area contributed by atoms with Crippen LogP contribution in [0.5, 0.6) is 11.5 Å². The van der Waals surface area contributed by atoms with E-state index in [-0.39, 0.29) is 32.5 Å². The van der Waals surface area contributed by atoms with Crippen LogP contribution in [0.1, 0.15) is 227 Å². The van der Waals surface area contributed by atoms with Crippen molar-refractivity contribution in [1.29, 1.82) is 0 Å². The summed E-state index contributed by atoms with van der Waals surface area (Å²) in [6.07, 6.45) is 0.993. The lowest BCUT2D eigenvalue weighted by molar-refractivity contribution is -0.739. The van der Waals surface area contributed by atoms with E-state index in [1.54, 1.807) is 0 Å². The fourth-order valence-corrected chi connectivity index (χ4v) is 17.4. The number of aryl methyl sites for hydroxylation is 3. The Bertz CT molecular complexity index is 4760.